The quantitative estimate of drug-likeness (QED) is 0.332. The predicted octanol–water partition coefficient (Wildman–Crippen LogP) is 6.87. The summed E-state index contributed by atoms with van der Waals surface area (Å²) in [5.41, 5.74) is 3.59. The van der Waals surface area contributed by atoms with E-state index in [4.69, 9.17) is 0 Å². The summed E-state index contributed by atoms with van der Waals surface area (Å²) in [5.74, 6) is 5.44. The van der Waals surface area contributed by atoms with Gasteiger partial charge >= 0.3 is 6.18 Å². The number of pyridine rings is 1. The molecule has 174 valence electrons. The van der Waals surface area contributed by atoms with E-state index >= 15 is 0 Å². The minimum absolute atomic E-state index is 0.177. The highest BCUT2D eigenvalue weighted by Gasteiger charge is 2.30. The number of unbranched alkanes of at least 4 members (excludes halogenated alkanes) is 1. The van der Waals surface area contributed by atoms with Gasteiger partial charge in [0.2, 0.25) is 0 Å². The molecule has 3 aromatic rings. The molecule has 1 heterocycles. The molecule has 0 radical (unpaired) electrons. The maximum absolute atomic E-state index is 12.9. The molecule has 0 aliphatic heterocycles. The summed E-state index contributed by atoms with van der Waals surface area (Å²) in [4.78, 5) is 20.9. The van der Waals surface area contributed by atoms with Crippen molar-refractivity contribution in [3.63, 3.8) is 0 Å². The molecule has 0 aliphatic carbocycles. The monoisotopic (exact) mass is 463 g/mol. The molecule has 1 aromatic heterocycles. The Labute approximate surface area is 197 Å². The number of amides is 1. The first-order valence-electron chi connectivity index (χ1n) is 10.8. The second kappa shape index (κ2) is 10.8. The van der Waals surface area contributed by atoms with Crippen LogP contribution in [0, 0.1) is 25.7 Å². The van der Waals surface area contributed by atoms with Crippen LogP contribution in [0.1, 0.15) is 57.9 Å². The van der Waals surface area contributed by atoms with Crippen molar-refractivity contribution in [3.05, 3.63) is 88.1 Å². The number of aliphatic imine (C=N–C) groups is 1. The molecule has 4 nitrogen and oxygen atoms in total. The topological polar surface area (TPSA) is 54.4 Å². The van der Waals surface area contributed by atoms with Crippen LogP contribution in [-0.4, -0.2) is 17.1 Å². The fourth-order valence-electron chi connectivity index (χ4n) is 3.02. The first-order chi connectivity index (χ1) is 16.2. The number of halogens is 3. The smallest absolute Gasteiger partial charge is 0.307 e. The molecule has 2 aromatic carbocycles. The fraction of sp³-hybridized carbons (Fsp3) is 0.222. The Morgan fingerprint density at radius 3 is 2.56 bits per heavy atom. The molecule has 0 spiro atoms. The summed E-state index contributed by atoms with van der Waals surface area (Å²) in [7, 11) is 0. The number of hydrogen-bond donors (Lipinski definition) is 1. The van der Waals surface area contributed by atoms with Gasteiger partial charge < -0.3 is 5.32 Å². The van der Waals surface area contributed by atoms with Crippen molar-refractivity contribution < 1.29 is 18.0 Å². The number of carbonyl (C=O) groups is 1. The van der Waals surface area contributed by atoms with Crippen molar-refractivity contribution >= 4 is 23.6 Å². The van der Waals surface area contributed by atoms with Crippen molar-refractivity contribution in [2.45, 2.75) is 39.8 Å². The highest BCUT2D eigenvalue weighted by Crippen LogP contribution is 2.30. The van der Waals surface area contributed by atoms with E-state index in [1.165, 1.54) is 0 Å². The second-order valence-corrected chi connectivity index (χ2v) is 7.76. The average Bonchev–Trinajstić information content (AvgIpc) is 2.80. The van der Waals surface area contributed by atoms with Gasteiger partial charge in [0.25, 0.3) is 5.91 Å². The van der Waals surface area contributed by atoms with Gasteiger partial charge in [0.1, 0.15) is 5.82 Å². The van der Waals surface area contributed by atoms with Crippen LogP contribution < -0.4 is 5.32 Å². The number of benzene rings is 2. The number of aryl methyl sites for hydroxylation is 2. The zero-order chi connectivity index (χ0) is 24.7. The molecule has 7 heteroatoms. The predicted molar refractivity (Wildman–Crippen MR) is 129 cm³/mol. The van der Waals surface area contributed by atoms with Crippen LogP contribution in [0.3, 0.4) is 0 Å². The van der Waals surface area contributed by atoms with E-state index in [2.05, 4.69) is 34.1 Å². The zero-order valence-corrected chi connectivity index (χ0v) is 19.1. The molecule has 1 amide bonds. The lowest BCUT2D eigenvalue weighted by Gasteiger charge is -2.09. The van der Waals surface area contributed by atoms with E-state index in [1.807, 2.05) is 38.3 Å². The number of nitrogens with one attached hydrogen (secondary N) is 1. The zero-order valence-electron chi connectivity index (χ0n) is 19.1. The van der Waals surface area contributed by atoms with E-state index < -0.39 is 17.6 Å². The third-order valence-electron chi connectivity index (χ3n) is 5.03. The van der Waals surface area contributed by atoms with Crippen LogP contribution in [0.2, 0.25) is 0 Å². The minimum Gasteiger partial charge on any atom is -0.307 e. The lowest BCUT2D eigenvalue weighted by atomic mass is 10.0. The molecule has 34 heavy (non-hydrogen) atoms. The van der Waals surface area contributed by atoms with Gasteiger partial charge in [-0.15, -0.1) is 0 Å². The van der Waals surface area contributed by atoms with Gasteiger partial charge in [-0.3, -0.25) is 9.79 Å². The van der Waals surface area contributed by atoms with Crippen LogP contribution >= 0.6 is 0 Å². The number of alkyl halides is 3. The van der Waals surface area contributed by atoms with E-state index in [0.717, 1.165) is 53.5 Å². The molecule has 0 saturated carbocycles. The van der Waals surface area contributed by atoms with Crippen molar-refractivity contribution in [2.75, 3.05) is 5.32 Å². The van der Waals surface area contributed by atoms with Crippen LogP contribution in [0.5, 0.6) is 0 Å². The van der Waals surface area contributed by atoms with Crippen molar-refractivity contribution in [1.82, 2.24) is 4.98 Å². The maximum Gasteiger partial charge on any atom is 0.416 e. The molecule has 0 saturated heterocycles. The average molecular weight is 464 g/mol. The Morgan fingerprint density at radius 2 is 1.82 bits per heavy atom. The van der Waals surface area contributed by atoms with Gasteiger partial charge in [0.15, 0.2) is 0 Å². The summed E-state index contributed by atoms with van der Waals surface area (Å²) < 4.78 is 38.7. The minimum atomic E-state index is -4.52. The van der Waals surface area contributed by atoms with E-state index in [1.54, 1.807) is 18.2 Å². The van der Waals surface area contributed by atoms with Gasteiger partial charge in [-0.1, -0.05) is 37.3 Å². The van der Waals surface area contributed by atoms with Crippen molar-refractivity contribution in [1.29, 1.82) is 0 Å². The number of hydrogen-bond acceptors (Lipinski definition) is 3. The largest absolute Gasteiger partial charge is 0.416 e. The lowest BCUT2D eigenvalue weighted by molar-refractivity contribution is -0.137. The third kappa shape index (κ3) is 6.55. The number of nitrogens with zero attached hydrogens (tertiary/aromatic N) is 2. The van der Waals surface area contributed by atoms with Gasteiger partial charge in [0.05, 0.1) is 11.3 Å². The molecule has 0 atom stereocenters. The first kappa shape index (κ1) is 24.7. The first-order valence-corrected chi connectivity index (χ1v) is 10.8. The van der Waals surface area contributed by atoms with Crippen LogP contribution in [0.25, 0.3) is 0 Å². The highest BCUT2D eigenvalue weighted by atomic mass is 19.4. The van der Waals surface area contributed by atoms with Gasteiger partial charge in [-0.25, -0.2) is 4.98 Å². The van der Waals surface area contributed by atoms with Gasteiger partial charge in [0, 0.05) is 29.1 Å². The summed E-state index contributed by atoms with van der Waals surface area (Å²) in [5, 5.41) is 2.42. The Balaban J connectivity index is 1.82. The van der Waals surface area contributed by atoms with Crippen LogP contribution in [0.15, 0.2) is 59.7 Å². The van der Waals surface area contributed by atoms with Gasteiger partial charge in [-0.2, -0.15) is 13.2 Å². The Morgan fingerprint density at radius 1 is 1.06 bits per heavy atom. The fourth-order valence-corrected chi connectivity index (χ4v) is 3.02. The maximum atomic E-state index is 12.9. The number of anilines is 1. The molecule has 0 aliphatic rings. The molecule has 0 unspecified atom stereocenters. The van der Waals surface area contributed by atoms with Crippen LogP contribution in [0.4, 0.5) is 24.7 Å². The molecular weight excluding hydrogens is 439 g/mol. The number of carbonyl (C=O) groups excluding carboxylic acids is 1. The normalized spacial score (nSPS) is 11.2. The SMILES string of the molecule is CCCC=Nc1cc(C#Cc2cc(C(=O)Nc3cc(C(F)(F)F)ccn3)ccc2C)ccc1C. The number of rotatable bonds is 5. The molecule has 1 N–H and O–H groups in total. The summed E-state index contributed by atoms with van der Waals surface area (Å²) in [6.45, 7) is 5.95. The lowest BCUT2D eigenvalue weighted by Crippen LogP contribution is -2.14. The van der Waals surface area contributed by atoms with E-state index in [0.29, 0.717) is 5.56 Å². The molecule has 0 fully saturated rings. The summed E-state index contributed by atoms with van der Waals surface area (Å²) in [6.07, 6.45) is 0.304. The summed E-state index contributed by atoms with van der Waals surface area (Å²) in [6, 6.07) is 12.4. The third-order valence-corrected chi connectivity index (χ3v) is 5.03. The Bertz CT molecular complexity index is 1280. The standard InChI is InChI=1S/C27H24F3N3O/c1-4-5-13-31-24-15-20(8-6-19(24)3)9-11-21-16-22(10-7-18(21)2)26(34)33-25-17-23(12-14-32-25)27(28,29)30/h6-8,10,12-17H,4-5H2,1-3H3,(H,32,33,34). The molecule has 3 rings (SSSR count). The molecular formula is C27H24F3N3O. The Hall–Kier alpha value is -3.92. The van der Waals surface area contributed by atoms with E-state index in [9.17, 15) is 18.0 Å². The van der Waals surface area contributed by atoms with Crippen LogP contribution in [-0.2, 0) is 6.18 Å². The van der Waals surface area contributed by atoms with Gasteiger partial charge in [-0.05, 0) is 67.8 Å². The van der Waals surface area contributed by atoms with Crippen molar-refractivity contribution in [3.8, 4) is 11.8 Å². The molecule has 0 bridgehead atoms. The van der Waals surface area contributed by atoms with Crippen molar-refractivity contribution in [2.24, 2.45) is 4.99 Å². The second-order valence-electron chi connectivity index (χ2n) is 7.76. The Kier molecular flexibility index (Phi) is 7.85. The highest BCUT2D eigenvalue weighted by molar-refractivity contribution is 6.04. The summed E-state index contributed by atoms with van der Waals surface area (Å²) >= 11 is 0. The van der Waals surface area contributed by atoms with E-state index in [-0.39, 0.29) is 11.4 Å². The number of aromatic nitrogens is 1.